The molecule has 1 aromatic rings. The number of nitrogens with zero attached hydrogens (tertiary/aromatic N) is 1. The van der Waals surface area contributed by atoms with Gasteiger partial charge < -0.3 is 10.1 Å². The van der Waals surface area contributed by atoms with Gasteiger partial charge in [0.1, 0.15) is 4.99 Å². The zero-order valence-electron chi connectivity index (χ0n) is 9.80. The van der Waals surface area contributed by atoms with Gasteiger partial charge >= 0.3 is 0 Å². The van der Waals surface area contributed by atoms with Gasteiger partial charge in [-0.3, -0.25) is 10.1 Å². The highest BCUT2D eigenvalue weighted by molar-refractivity contribution is 7.80. The third-order valence-electron chi connectivity index (χ3n) is 2.85. The molecule has 1 aromatic carbocycles. The molecule has 0 spiro atoms. The van der Waals surface area contributed by atoms with E-state index in [1.807, 2.05) is 0 Å². The first-order valence-corrected chi connectivity index (χ1v) is 6.22. The molecule has 96 valence electrons. The van der Waals surface area contributed by atoms with Gasteiger partial charge in [0.15, 0.2) is 0 Å². The maximum absolute atomic E-state index is 10.5. The Morgan fingerprint density at radius 1 is 1.50 bits per heavy atom. The molecule has 0 unspecified atom stereocenters. The summed E-state index contributed by atoms with van der Waals surface area (Å²) in [5.74, 6) is 0. The first-order valence-electron chi connectivity index (χ1n) is 5.81. The van der Waals surface area contributed by atoms with E-state index in [4.69, 9.17) is 17.0 Å². The Morgan fingerprint density at radius 3 is 2.78 bits per heavy atom. The van der Waals surface area contributed by atoms with Crippen molar-refractivity contribution in [3.8, 4) is 0 Å². The van der Waals surface area contributed by atoms with E-state index in [1.54, 1.807) is 12.1 Å². The van der Waals surface area contributed by atoms with Crippen molar-refractivity contribution in [1.29, 1.82) is 0 Å². The highest BCUT2D eigenvalue weighted by Gasteiger charge is 2.15. The molecular weight excluding hydrogens is 252 g/mol. The van der Waals surface area contributed by atoms with Gasteiger partial charge in [0.25, 0.3) is 5.69 Å². The average molecular weight is 266 g/mol. The number of thiocarbonyl (C=S) groups is 1. The molecule has 1 N–H and O–H groups in total. The number of nitro benzene ring substituents is 1. The van der Waals surface area contributed by atoms with Crippen molar-refractivity contribution < 1.29 is 9.66 Å². The van der Waals surface area contributed by atoms with Gasteiger partial charge in [-0.05, 0) is 25.0 Å². The number of rotatable bonds is 4. The van der Waals surface area contributed by atoms with Crippen LogP contribution in [-0.4, -0.2) is 29.2 Å². The van der Waals surface area contributed by atoms with Crippen LogP contribution in [0.5, 0.6) is 0 Å². The minimum atomic E-state index is -0.424. The zero-order chi connectivity index (χ0) is 13.0. The third-order valence-corrected chi connectivity index (χ3v) is 3.23. The van der Waals surface area contributed by atoms with Gasteiger partial charge in [0.2, 0.25) is 0 Å². The number of hydrogen-bond donors (Lipinski definition) is 1. The predicted octanol–water partition coefficient (Wildman–Crippen LogP) is 2.04. The molecule has 1 aliphatic rings. The lowest BCUT2D eigenvalue weighted by Crippen LogP contribution is -2.31. The number of hydrogen-bond acceptors (Lipinski definition) is 4. The fraction of sp³-hybridized carbons (Fsp3) is 0.417. The molecule has 0 aromatic heterocycles. The summed E-state index contributed by atoms with van der Waals surface area (Å²) in [6.07, 6.45) is 2.37. The van der Waals surface area contributed by atoms with Crippen molar-refractivity contribution in [2.75, 3.05) is 13.2 Å². The van der Waals surface area contributed by atoms with Crippen molar-refractivity contribution in [1.82, 2.24) is 5.32 Å². The topological polar surface area (TPSA) is 64.4 Å². The average Bonchev–Trinajstić information content (AvgIpc) is 2.89. The third kappa shape index (κ3) is 3.24. The van der Waals surface area contributed by atoms with Gasteiger partial charge in [0, 0.05) is 30.8 Å². The largest absolute Gasteiger partial charge is 0.376 e. The van der Waals surface area contributed by atoms with Crippen LogP contribution in [0, 0.1) is 10.1 Å². The summed E-state index contributed by atoms with van der Waals surface area (Å²) in [5, 5.41) is 13.6. The van der Waals surface area contributed by atoms with Crippen LogP contribution in [0.25, 0.3) is 0 Å². The summed E-state index contributed by atoms with van der Waals surface area (Å²) < 4.78 is 5.48. The molecule has 1 heterocycles. The summed E-state index contributed by atoms with van der Waals surface area (Å²) >= 11 is 5.23. The zero-order valence-corrected chi connectivity index (χ0v) is 10.6. The molecule has 0 radical (unpaired) electrons. The van der Waals surface area contributed by atoms with Gasteiger partial charge in [-0.1, -0.05) is 12.2 Å². The molecule has 0 amide bonds. The van der Waals surface area contributed by atoms with Crippen LogP contribution >= 0.6 is 12.2 Å². The molecule has 2 rings (SSSR count). The quantitative estimate of drug-likeness (QED) is 0.513. The second kappa shape index (κ2) is 5.88. The second-order valence-corrected chi connectivity index (χ2v) is 4.56. The Kier molecular flexibility index (Phi) is 4.22. The maximum atomic E-state index is 10.5. The molecule has 5 nitrogen and oxygen atoms in total. The van der Waals surface area contributed by atoms with E-state index >= 15 is 0 Å². The van der Waals surface area contributed by atoms with Crippen LogP contribution in [0.1, 0.15) is 18.4 Å². The molecule has 1 atom stereocenters. The molecule has 1 fully saturated rings. The molecule has 0 bridgehead atoms. The number of non-ortho nitro benzene ring substituents is 1. The van der Waals surface area contributed by atoms with E-state index in [0.29, 0.717) is 11.5 Å². The fourth-order valence-corrected chi connectivity index (χ4v) is 2.07. The lowest BCUT2D eigenvalue weighted by atomic mass is 10.2. The first-order chi connectivity index (χ1) is 8.66. The summed E-state index contributed by atoms with van der Waals surface area (Å²) in [4.78, 5) is 10.7. The predicted molar refractivity (Wildman–Crippen MR) is 71.8 cm³/mol. The van der Waals surface area contributed by atoms with Crippen LogP contribution in [0.2, 0.25) is 0 Å². The minimum Gasteiger partial charge on any atom is -0.376 e. The number of nitro groups is 1. The Balaban J connectivity index is 1.89. The maximum Gasteiger partial charge on any atom is 0.269 e. The van der Waals surface area contributed by atoms with Crippen molar-refractivity contribution in [3.63, 3.8) is 0 Å². The molecule has 0 saturated carbocycles. The van der Waals surface area contributed by atoms with E-state index in [1.165, 1.54) is 12.1 Å². The standard InChI is InChI=1S/C12H14N2O3S/c15-14(16)10-5-3-9(4-6-10)12(18)13-8-11-2-1-7-17-11/h3-6,11H,1-2,7-8H2,(H,13,18)/t11-/m0/s1. The van der Waals surface area contributed by atoms with E-state index < -0.39 is 4.92 Å². The van der Waals surface area contributed by atoms with E-state index in [0.717, 1.165) is 25.0 Å². The molecular formula is C12H14N2O3S. The fourth-order valence-electron chi connectivity index (χ4n) is 1.85. The SMILES string of the molecule is O=[N+]([O-])c1ccc(C(=S)NC[C@@H]2CCCO2)cc1. The lowest BCUT2D eigenvalue weighted by Gasteiger charge is -2.12. The van der Waals surface area contributed by atoms with E-state index in [2.05, 4.69) is 5.32 Å². The number of ether oxygens (including phenoxy) is 1. The summed E-state index contributed by atoms with van der Waals surface area (Å²) in [6.45, 7) is 1.51. The number of benzene rings is 1. The van der Waals surface area contributed by atoms with Crippen LogP contribution in [-0.2, 0) is 4.74 Å². The van der Waals surface area contributed by atoms with E-state index in [9.17, 15) is 10.1 Å². The normalized spacial score (nSPS) is 18.6. The summed E-state index contributed by atoms with van der Waals surface area (Å²) in [5.41, 5.74) is 0.856. The molecule has 1 aliphatic heterocycles. The lowest BCUT2D eigenvalue weighted by molar-refractivity contribution is -0.384. The van der Waals surface area contributed by atoms with Gasteiger partial charge in [-0.2, -0.15) is 0 Å². The Hall–Kier alpha value is -1.53. The van der Waals surface area contributed by atoms with Crippen LogP contribution in [0.15, 0.2) is 24.3 Å². The van der Waals surface area contributed by atoms with E-state index in [-0.39, 0.29) is 11.8 Å². The summed E-state index contributed by atoms with van der Waals surface area (Å²) in [6, 6.07) is 6.22. The van der Waals surface area contributed by atoms with Crippen LogP contribution in [0.4, 0.5) is 5.69 Å². The highest BCUT2D eigenvalue weighted by atomic mass is 32.1. The summed E-state index contributed by atoms with van der Waals surface area (Å²) in [7, 11) is 0. The van der Waals surface area contributed by atoms with Crippen LogP contribution in [0.3, 0.4) is 0 Å². The van der Waals surface area contributed by atoms with Crippen molar-refractivity contribution >= 4 is 22.9 Å². The molecule has 6 heteroatoms. The minimum absolute atomic E-state index is 0.0701. The number of nitrogens with one attached hydrogen (secondary N) is 1. The molecule has 0 aliphatic carbocycles. The van der Waals surface area contributed by atoms with Crippen molar-refractivity contribution in [2.24, 2.45) is 0 Å². The monoisotopic (exact) mass is 266 g/mol. The first kappa shape index (κ1) is 12.9. The Bertz CT molecular complexity index is 441. The van der Waals surface area contributed by atoms with Gasteiger partial charge in [-0.15, -0.1) is 0 Å². The Morgan fingerprint density at radius 2 is 2.22 bits per heavy atom. The molecule has 18 heavy (non-hydrogen) atoms. The van der Waals surface area contributed by atoms with Crippen molar-refractivity contribution in [2.45, 2.75) is 18.9 Å². The smallest absolute Gasteiger partial charge is 0.269 e. The van der Waals surface area contributed by atoms with Gasteiger partial charge in [-0.25, -0.2) is 0 Å². The second-order valence-electron chi connectivity index (χ2n) is 4.15. The van der Waals surface area contributed by atoms with Crippen molar-refractivity contribution in [3.05, 3.63) is 39.9 Å². The molecule has 1 saturated heterocycles. The highest BCUT2D eigenvalue weighted by Crippen LogP contribution is 2.13. The Labute approximate surface area is 110 Å². The van der Waals surface area contributed by atoms with Crippen LogP contribution < -0.4 is 5.32 Å². The van der Waals surface area contributed by atoms with Gasteiger partial charge in [0.05, 0.1) is 11.0 Å².